The normalized spacial score (nSPS) is 10.2. The molecule has 104 valence electrons. The number of hydrogen-bond donors (Lipinski definition) is 1. The Kier molecular flexibility index (Phi) is 5.20. The smallest absolute Gasteiger partial charge is 0.262 e. The van der Waals surface area contributed by atoms with Gasteiger partial charge in [-0.2, -0.15) is 0 Å². The quantitative estimate of drug-likeness (QED) is 0.821. The molecule has 1 N–H and O–H groups in total. The third-order valence-electron chi connectivity index (χ3n) is 2.62. The zero-order chi connectivity index (χ0) is 14.5. The van der Waals surface area contributed by atoms with Gasteiger partial charge < -0.3 is 10.1 Å². The summed E-state index contributed by atoms with van der Waals surface area (Å²) in [6.07, 6.45) is 0. The fraction of sp³-hybridized carbons (Fsp3) is 0.133. The fourth-order valence-corrected chi connectivity index (χ4v) is 2.33. The highest BCUT2D eigenvalue weighted by Crippen LogP contribution is 2.21. The second-order valence-electron chi connectivity index (χ2n) is 4.26. The third kappa shape index (κ3) is 4.35. The summed E-state index contributed by atoms with van der Waals surface area (Å²) in [6, 6.07) is 13.0. The average Bonchev–Trinajstić information content (AvgIpc) is 2.41. The second kappa shape index (κ2) is 6.90. The number of carbonyl (C=O) groups is 1. The van der Waals surface area contributed by atoms with E-state index in [9.17, 15) is 4.79 Å². The lowest BCUT2D eigenvalue weighted by Crippen LogP contribution is -2.20. The summed E-state index contributed by atoms with van der Waals surface area (Å²) in [4.78, 5) is 11.8. The summed E-state index contributed by atoms with van der Waals surface area (Å²) in [6.45, 7) is 1.97. The molecule has 0 aliphatic rings. The maximum absolute atomic E-state index is 11.8. The minimum absolute atomic E-state index is 0.0258. The Morgan fingerprint density at radius 1 is 1.20 bits per heavy atom. The highest BCUT2D eigenvalue weighted by molar-refractivity contribution is 9.10. The number of anilines is 1. The van der Waals surface area contributed by atoms with Crippen molar-refractivity contribution in [2.45, 2.75) is 6.92 Å². The molecule has 1 amide bonds. The molecule has 0 unspecified atom stereocenters. The van der Waals surface area contributed by atoms with E-state index in [2.05, 4.69) is 37.2 Å². The first-order valence-corrected chi connectivity index (χ1v) is 7.57. The molecule has 2 aromatic rings. The lowest BCUT2D eigenvalue weighted by atomic mass is 10.2. The monoisotopic (exact) mass is 397 g/mol. The van der Waals surface area contributed by atoms with Crippen molar-refractivity contribution in [1.82, 2.24) is 0 Å². The first-order chi connectivity index (χ1) is 9.54. The Balaban J connectivity index is 1.91. The highest BCUT2D eigenvalue weighted by Gasteiger charge is 2.05. The number of halogens is 2. The van der Waals surface area contributed by atoms with Crippen molar-refractivity contribution in [3.05, 3.63) is 57.0 Å². The Labute approximate surface area is 134 Å². The molecule has 0 bridgehead atoms. The van der Waals surface area contributed by atoms with Crippen molar-refractivity contribution < 1.29 is 9.53 Å². The van der Waals surface area contributed by atoms with Gasteiger partial charge in [0.25, 0.3) is 5.91 Å². The average molecular weight is 399 g/mol. The van der Waals surface area contributed by atoms with Crippen LogP contribution in [0.2, 0.25) is 0 Å². The van der Waals surface area contributed by atoms with E-state index in [1.807, 2.05) is 43.3 Å². The van der Waals surface area contributed by atoms with Crippen LogP contribution in [0, 0.1) is 6.92 Å². The van der Waals surface area contributed by atoms with Gasteiger partial charge in [-0.1, -0.05) is 44.0 Å². The standard InChI is InChI=1S/C15H13Br2NO2/c1-10-5-6-12(8-14(10)17)18-15(19)9-20-13-4-2-3-11(16)7-13/h2-8H,9H2,1H3,(H,18,19). The fourth-order valence-electron chi connectivity index (χ4n) is 1.57. The maximum atomic E-state index is 11.8. The van der Waals surface area contributed by atoms with Crippen molar-refractivity contribution in [3.8, 4) is 5.75 Å². The lowest BCUT2D eigenvalue weighted by Gasteiger charge is -2.08. The summed E-state index contributed by atoms with van der Waals surface area (Å²) in [7, 11) is 0. The van der Waals surface area contributed by atoms with Crippen LogP contribution in [0.1, 0.15) is 5.56 Å². The zero-order valence-corrected chi connectivity index (χ0v) is 14.0. The predicted molar refractivity (Wildman–Crippen MR) is 87.1 cm³/mol. The van der Waals surface area contributed by atoms with Crippen molar-refractivity contribution in [1.29, 1.82) is 0 Å². The van der Waals surface area contributed by atoms with Gasteiger partial charge in [0, 0.05) is 14.6 Å². The molecule has 0 heterocycles. The molecule has 0 radical (unpaired) electrons. The Bertz CT molecular complexity index is 629. The molecular formula is C15H13Br2NO2. The summed E-state index contributed by atoms with van der Waals surface area (Å²) < 4.78 is 7.30. The first kappa shape index (κ1) is 15.1. The molecule has 0 aromatic heterocycles. The van der Waals surface area contributed by atoms with Gasteiger partial charge in [-0.15, -0.1) is 0 Å². The van der Waals surface area contributed by atoms with Gasteiger partial charge in [0.15, 0.2) is 6.61 Å². The van der Waals surface area contributed by atoms with E-state index in [1.165, 1.54) is 0 Å². The molecule has 0 aliphatic carbocycles. The molecule has 20 heavy (non-hydrogen) atoms. The number of rotatable bonds is 4. The van der Waals surface area contributed by atoms with Crippen LogP contribution >= 0.6 is 31.9 Å². The van der Waals surface area contributed by atoms with E-state index in [0.717, 1.165) is 20.2 Å². The zero-order valence-electron chi connectivity index (χ0n) is 10.8. The van der Waals surface area contributed by atoms with Crippen molar-refractivity contribution in [2.24, 2.45) is 0 Å². The minimum atomic E-state index is -0.194. The molecule has 5 heteroatoms. The highest BCUT2D eigenvalue weighted by atomic mass is 79.9. The summed E-state index contributed by atoms with van der Waals surface area (Å²) in [5.74, 6) is 0.459. The number of carbonyl (C=O) groups excluding carboxylic acids is 1. The van der Waals surface area contributed by atoms with Gasteiger partial charge >= 0.3 is 0 Å². The van der Waals surface area contributed by atoms with E-state index in [1.54, 1.807) is 6.07 Å². The summed E-state index contributed by atoms with van der Waals surface area (Å²) in [5, 5.41) is 2.79. The molecule has 0 saturated heterocycles. The van der Waals surface area contributed by atoms with Crippen LogP contribution in [0.4, 0.5) is 5.69 Å². The minimum Gasteiger partial charge on any atom is -0.484 e. The number of aryl methyl sites for hydroxylation is 1. The van der Waals surface area contributed by atoms with Crippen LogP contribution in [0.3, 0.4) is 0 Å². The summed E-state index contributed by atoms with van der Waals surface area (Å²) >= 11 is 6.78. The van der Waals surface area contributed by atoms with Crippen LogP contribution in [0.15, 0.2) is 51.4 Å². The van der Waals surface area contributed by atoms with Crippen LogP contribution < -0.4 is 10.1 Å². The maximum Gasteiger partial charge on any atom is 0.262 e. The third-order valence-corrected chi connectivity index (χ3v) is 3.97. The van der Waals surface area contributed by atoms with Gasteiger partial charge in [0.2, 0.25) is 0 Å². The van der Waals surface area contributed by atoms with E-state index < -0.39 is 0 Å². The van der Waals surface area contributed by atoms with E-state index >= 15 is 0 Å². The lowest BCUT2D eigenvalue weighted by molar-refractivity contribution is -0.118. The number of amides is 1. The van der Waals surface area contributed by atoms with Gasteiger partial charge in [0.05, 0.1) is 0 Å². The molecule has 0 saturated carbocycles. The van der Waals surface area contributed by atoms with E-state index in [-0.39, 0.29) is 12.5 Å². The van der Waals surface area contributed by atoms with Crippen molar-refractivity contribution in [2.75, 3.05) is 11.9 Å². The molecular weight excluding hydrogens is 386 g/mol. The first-order valence-electron chi connectivity index (χ1n) is 5.99. The van der Waals surface area contributed by atoms with Gasteiger partial charge in [0.1, 0.15) is 5.75 Å². The SMILES string of the molecule is Cc1ccc(NC(=O)COc2cccc(Br)c2)cc1Br. The molecule has 2 aromatic carbocycles. The number of nitrogens with one attached hydrogen (secondary N) is 1. The van der Waals surface area contributed by atoms with Crippen molar-refractivity contribution in [3.63, 3.8) is 0 Å². The summed E-state index contributed by atoms with van der Waals surface area (Å²) in [5.41, 5.74) is 1.86. The van der Waals surface area contributed by atoms with Crippen LogP contribution in [0.25, 0.3) is 0 Å². The van der Waals surface area contributed by atoms with E-state index in [0.29, 0.717) is 5.75 Å². The molecule has 0 atom stereocenters. The number of benzene rings is 2. The molecule has 3 nitrogen and oxygen atoms in total. The predicted octanol–water partition coefficient (Wildman–Crippen LogP) is 4.54. The van der Waals surface area contributed by atoms with Gasteiger partial charge in [-0.05, 0) is 42.8 Å². The number of hydrogen-bond acceptors (Lipinski definition) is 2. The van der Waals surface area contributed by atoms with Crippen LogP contribution in [-0.4, -0.2) is 12.5 Å². The molecule has 0 spiro atoms. The van der Waals surface area contributed by atoms with Gasteiger partial charge in [-0.3, -0.25) is 4.79 Å². The largest absolute Gasteiger partial charge is 0.484 e. The van der Waals surface area contributed by atoms with Crippen LogP contribution in [-0.2, 0) is 4.79 Å². The van der Waals surface area contributed by atoms with Crippen LogP contribution in [0.5, 0.6) is 5.75 Å². The Morgan fingerprint density at radius 3 is 2.70 bits per heavy atom. The number of ether oxygens (including phenoxy) is 1. The Hall–Kier alpha value is -1.33. The molecule has 0 fully saturated rings. The molecule has 2 rings (SSSR count). The molecule has 0 aliphatic heterocycles. The topological polar surface area (TPSA) is 38.3 Å². The second-order valence-corrected chi connectivity index (χ2v) is 6.03. The Morgan fingerprint density at radius 2 is 2.00 bits per heavy atom. The van der Waals surface area contributed by atoms with Gasteiger partial charge in [-0.25, -0.2) is 0 Å². The van der Waals surface area contributed by atoms with E-state index in [4.69, 9.17) is 4.74 Å². The van der Waals surface area contributed by atoms with Crippen molar-refractivity contribution >= 4 is 43.5 Å².